The fraction of sp³-hybridized carbons (Fsp3) is 0.562. The molecule has 1 amide bonds. The van der Waals surface area contributed by atoms with Crippen LogP contribution in [0.1, 0.15) is 33.6 Å². The van der Waals surface area contributed by atoms with Crippen LogP contribution in [0.2, 0.25) is 0 Å². The number of rotatable bonds is 3. The monoisotopic (exact) mass is 418 g/mol. The van der Waals surface area contributed by atoms with Gasteiger partial charge in [-0.15, -0.1) is 0 Å². The van der Waals surface area contributed by atoms with E-state index in [0.717, 1.165) is 6.42 Å². The van der Waals surface area contributed by atoms with Crippen molar-refractivity contribution in [2.45, 2.75) is 50.2 Å². The first-order valence-corrected chi connectivity index (χ1v) is 10.1. The fourth-order valence-electron chi connectivity index (χ4n) is 2.55. The summed E-state index contributed by atoms with van der Waals surface area (Å²) < 4.78 is 32.8. The second-order valence-electron chi connectivity index (χ2n) is 6.78. The third-order valence-corrected chi connectivity index (χ3v) is 6.44. The molecule has 1 aromatic carbocycles. The highest BCUT2D eigenvalue weighted by Gasteiger charge is 2.32. The Hall–Kier alpha value is -1.12. The van der Waals surface area contributed by atoms with Crippen LogP contribution < -0.4 is 5.32 Å². The van der Waals surface area contributed by atoms with Gasteiger partial charge in [0.2, 0.25) is 10.0 Å². The minimum absolute atomic E-state index is 0.239. The molecule has 0 aromatic heterocycles. The first kappa shape index (κ1) is 19.2. The number of benzene rings is 1. The van der Waals surface area contributed by atoms with Gasteiger partial charge in [-0.05, 0) is 61.7 Å². The molecule has 0 aliphatic carbocycles. The van der Waals surface area contributed by atoms with Gasteiger partial charge in [-0.2, -0.15) is 4.31 Å². The number of hydrogen-bond acceptors (Lipinski definition) is 4. The highest BCUT2D eigenvalue weighted by Crippen LogP contribution is 2.26. The molecule has 0 saturated carbocycles. The minimum Gasteiger partial charge on any atom is -0.444 e. The molecule has 134 valence electrons. The van der Waals surface area contributed by atoms with E-state index in [2.05, 4.69) is 21.2 Å². The second kappa shape index (κ2) is 7.41. The normalized spacial score (nSPS) is 19.8. The lowest BCUT2D eigenvalue weighted by atomic mass is 10.1. The lowest BCUT2D eigenvalue weighted by Gasteiger charge is -2.33. The zero-order chi connectivity index (χ0) is 18.0. The number of amides is 1. The molecule has 1 saturated heterocycles. The van der Waals surface area contributed by atoms with Crippen LogP contribution in [0.3, 0.4) is 0 Å². The van der Waals surface area contributed by atoms with Crippen molar-refractivity contribution in [2.75, 3.05) is 13.1 Å². The van der Waals surface area contributed by atoms with Crippen molar-refractivity contribution >= 4 is 32.0 Å². The van der Waals surface area contributed by atoms with Crippen molar-refractivity contribution in [3.05, 3.63) is 28.7 Å². The van der Waals surface area contributed by atoms with Crippen LogP contribution >= 0.6 is 15.9 Å². The maximum atomic E-state index is 12.8. The topological polar surface area (TPSA) is 75.7 Å². The summed E-state index contributed by atoms with van der Waals surface area (Å²) in [5.41, 5.74) is -0.584. The Morgan fingerprint density at radius 3 is 2.62 bits per heavy atom. The van der Waals surface area contributed by atoms with Crippen LogP contribution in [-0.2, 0) is 14.8 Å². The van der Waals surface area contributed by atoms with Gasteiger partial charge in [-0.25, -0.2) is 13.2 Å². The first-order valence-electron chi connectivity index (χ1n) is 7.84. The number of hydrogen-bond donors (Lipinski definition) is 1. The van der Waals surface area contributed by atoms with Crippen molar-refractivity contribution < 1.29 is 17.9 Å². The van der Waals surface area contributed by atoms with Crippen LogP contribution in [0.15, 0.2) is 33.6 Å². The molecule has 1 atom stereocenters. The summed E-state index contributed by atoms with van der Waals surface area (Å²) in [6.45, 7) is 6.05. The summed E-state index contributed by atoms with van der Waals surface area (Å²) in [7, 11) is -3.60. The summed E-state index contributed by atoms with van der Waals surface area (Å²) in [6.07, 6.45) is 0.887. The molecule has 1 heterocycles. The lowest BCUT2D eigenvalue weighted by Crippen LogP contribution is -2.50. The highest BCUT2D eigenvalue weighted by atomic mass is 79.9. The van der Waals surface area contributed by atoms with E-state index in [1.807, 2.05) is 0 Å². The Balaban J connectivity index is 2.08. The van der Waals surface area contributed by atoms with Crippen LogP contribution in [0.4, 0.5) is 4.79 Å². The molecule has 0 bridgehead atoms. The molecule has 1 aliphatic heterocycles. The molecule has 8 heteroatoms. The first-order chi connectivity index (χ1) is 11.1. The number of ether oxygens (including phenoxy) is 1. The van der Waals surface area contributed by atoms with Crippen molar-refractivity contribution in [2.24, 2.45) is 0 Å². The summed E-state index contributed by atoms with van der Waals surface area (Å²) in [6, 6.07) is 6.48. The van der Waals surface area contributed by atoms with Gasteiger partial charge in [0, 0.05) is 23.6 Å². The van der Waals surface area contributed by atoms with Crippen molar-refractivity contribution in [1.82, 2.24) is 9.62 Å². The maximum absolute atomic E-state index is 12.8. The predicted molar refractivity (Wildman–Crippen MR) is 95.3 cm³/mol. The molecule has 1 N–H and O–H groups in total. The molecule has 1 aliphatic rings. The van der Waals surface area contributed by atoms with Gasteiger partial charge in [0.15, 0.2) is 0 Å². The molecule has 1 aromatic rings. The third-order valence-electron chi connectivity index (χ3n) is 3.56. The van der Waals surface area contributed by atoms with E-state index < -0.39 is 21.7 Å². The summed E-state index contributed by atoms with van der Waals surface area (Å²) in [4.78, 5) is 12.1. The zero-order valence-electron chi connectivity index (χ0n) is 14.1. The average molecular weight is 419 g/mol. The Morgan fingerprint density at radius 2 is 2.00 bits per heavy atom. The molecule has 6 nitrogen and oxygen atoms in total. The molecule has 0 unspecified atom stereocenters. The quantitative estimate of drug-likeness (QED) is 0.817. The highest BCUT2D eigenvalue weighted by molar-refractivity contribution is 9.10. The molecule has 24 heavy (non-hydrogen) atoms. The van der Waals surface area contributed by atoms with E-state index in [-0.39, 0.29) is 17.5 Å². The molecular weight excluding hydrogens is 396 g/mol. The summed E-state index contributed by atoms with van der Waals surface area (Å²) >= 11 is 3.29. The van der Waals surface area contributed by atoms with E-state index in [0.29, 0.717) is 17.4 Å². The predicted octanol–water partition coefficient (Wildman–Crippen LogP) is 3.13. The van der Waals surface area contributed by atoms with Gasteiger partial charge in [0.25, 0.3) is 0 Å². The molecule has 0 radical (unpaired) electrons. The van der Waals surface area contributed by atoms with Gasteiger partial charge in [-0.3, -0.25) is 0 Å². The van der Waals surface area contributed by atoms with Crippen molar-refractivity contribution in [3.8, 4) is 0 Å². The van der Waals surface area contributed by atoms with E-state index in [1.54, 1.807) is 45.0 Å². The van der Waals surface area contributed by atoms with Crippen LogP contribution in [0.25, 0.3) is 0 Å². The number of alkyl carbamates (subject to hydrolysis) is 1. The fourth-order valence-corrected chi connectivity index (χ4v) is 5.03. The smallest absolute Gasteiger partial charge is 0.407 e. The zero-order valence-corrected chi connectivity index (χ0v) is 16.5. The van der Waals surface area contributed by atoms with E-state index >= 15 is 0 Å². The summed E-state index contributed by atoms with van der Waals surface area (Å²) in [5.74, 6) is 0. The van der Waals surface area contributed by atoms with Crippen molar-refractivity contribution in [3.63, 3.8) is 0 Å². The van der Waals surface area contributed by atoms with Gasteiger partial charge in [0.1, 0.15) is 5.60 Å². The number of nitrogens with zero attached hydrogens (tertiary/aromatic N) is 1. The van der Waals surface area contributed by atoms with Gasteiger partial charge in [-0.1, -0.05) is 12.1 Å². The minimum atomic E-state index is -3.60. The maximum Gasteiger partial charge on any atom is 0.407 e. The molecule has 0 spiro atoms. The lowest BCUT2D eigenvalue weighted by molar-refractivity contribution is 0.0487. The number of halogens is 1. The number of nitrogens with one attached hydrogen (secondary N) is 1. The Bertz CT molecular complexity index is 700. The van der Waals surface area contributed by atoms with Crippen molar-refractivity contribution in [1.29, 1.82) is 0 Å². The standard InChI is InChI=1S/C16H23BrN2O4S/c1-16(2,3)23-15(20)18-12-7-6-10-19(11-12)24(21,22)14-9-5-4-8-13(14)17/h4-5,8-9,12H,6-7,10-11H2,1-3H3,(H,18,20)/t12-/m0/s1. The van der Waals surface area contributed by atoms with Gasteiger partial charge < -0.3 is 10.1 Å². The number of carbonyl (C=O) groups is 1. The van der Waals surface area contributed by atoms with Crippen LogP contribution in [-0.4, -0.2) is 43.5 Å². The molecule has 2 rings (SSSR count). The van der Waals surface area contributed by atoms with E-state index in [9.17, 15) is 13.2 Å². The van der Waals surface area contributed by atoms with Crippen LogP contribution in [0.5, 0.6) is 0 Å². The van der Waals surface area contributed by atoms with E-state index in [1.165, 1.54) is 4.31 Å². The number of carbonyl (C=O) groups excluding carboxylic acids is 1. The van der Waals surface area contributed by atoms with Gasteiger partial charge >= 0.3 is 6.09 Å². The van der Waals surface area contributed by atoms with E-state index in [4.69, 9.17) is 4.74 Å². The Morgan fingerprint density at radius 1 is 1.33 bits per heavy atom. The molecular formula is C16H23BrN2O4S. The average Bonchev–Trinajstić information content (AvgIpc) is 2.45. The molecule has 1 fully saturated rings. The number of piperidine rings is 1. The Kier molecular flexibility index (Phi) is 5.93. The van der Waals surface area contributed by atoms with Gasteiger partial charge in [0.05, 0.1) is 4.90 Å². The summed E-state index contributed by atoms with van der Waals surface area (Å²) in [5, 5.41) is 2.76. The SMILES string of the molecule is CC(C)(C)OC(=O)N[C@H]1CCCN(S(=O)(=O)c2ccccc2Br)C1. The second-order valence-corrected chi connectivity index (χ2v) is 9.54. The third kappa shape index (κ3) is 4.94. The Labute approximate surface area is 151 Å². The number of sulfonamides is 1. The van der Waals surface area contributed by atoms with Crippen LogP contribution in [0, 0.1) is 0 Å². The largest absolute Gasteiger partial charge is 0.444 e.